The van der Waals surface area contributed by atoms with Gasteiger partial charge in [0.15, 0.2) is 6.61 Å². The lowest BCUT2D eigenvalue weighted by Crippen LogP contribution is -2.32. The molecule has 1 N–H and O–H groups in total. The van der Waals surface area contributed by atoms with E-state index in [1.165, 1.54) is 5.56 Å². The second-order valence-electron chi connectivity index (χ2n) is 11.0. The molecule has 0 bridgehead atoms. The molecule has 0 aliphatic heterocycles. The number of benzene rings is 3. The van der Waals surface area contributed by atoms with Gasteiger partial charge < -0.3 is 15.0 Å². The number of hydrogen-bond donors (Lipinski definition) is 1. The van der Waals surface area contributed by atoms with Crippen LogP contribution in [0.5, 0.6) is 5.75 Å². The molecule has 190 valence electrons. The van der Waals surface area contributed by atoms with Crippen molar-refractivity contribution in [2.45, 2.75) is 59.3 Å². The minimum Gasteiger partial charge on any atom is -0.483 e. The SMILES string of the molecule is CCN(C(=O)c1ccccc1NC(=O)COc1ccc(C(C)(C)C)cc1C(C)(C)C)c1ccccc1. The number of nitrogens with zero attached hydrogens (tertiary/aromatic N) is 1. The number of amides is 2. The first-order chi connectivity index (χ1) is 16.9. The molecular weight excluding hydrogens is 448 g/mol. The van der Waals surface area contributed by atoms with E-state index in [0.717, 1.165) is 11.3 Å². The molecule has 0 aliphatic carbocycles. The Bertz CT molecular complexity index is 1200. The third-order valence-electron chi connectivity index (χ3n) is 6.07. The summed E-state index contributed by atoms with van der Waals surface area (Å²) in [5.74, 6) is 0.197. The van der Waals surface area contributed by atoms with Crippen LogP contribution in [0, 0.1) is 0 Å². The van der Waals surface area contributed by atoms with Crippen LogP contribution in [0.15, 0.2) is 72.8 Å². The van der Waals surface area contributed by atoms with Gasteiger partial charge >= 0.3 is 0 Å². The molecule has 0 aromatic heterocycles. The monoisotopic (exact) mass is 486 g/mol. The van der Waals surface area contributed by atoms with Crippen molar-refractivity contribution in [1.82, 2.24) is 0 Å². The maximum Gasteiger partial charge on any atom is 0.262 e. The van der Waals surface area contributed by atoms with E-state index >= 15 is 0 Å². The first kappa shape index (κ1) is 27.0. The Labute approximate surface area is 215 Å². The molecule has 5 nitrogen and oxygen atoms in total. The fourth-order valence-corrected chi connectivity index (χ4v) is 4.01. The van der Waals surface area contributed by atoms with E-state index in [4.69, 9.17) is 4.74 Å². The number of para-hydroxylation sites is 2. The van der Waals surface area contributed by atoms with Crippen LogP contribution in [0.4, 0.5) is 11.4 Å². The van der Waals surface area contributed by atoms with Crippen molar-refractivity contribution in [1.29, 1.82) is 0 Å². The molecule has 3 rings (SSSR count). The van der Waals surface area contributed by atoms with Crippen LogP contribution in [-0.4, -0.2) is 25.0 Å². The summed E-state index contributed by atoms with van der Waals surface area (Å²) in [6.07, 6.45) is 0. The Morgan fingerprint density at radius 3 is 2.08 bits per heavy atom. The van der Waals surface area contributed by atoms with E-state index in [2.05, 4.69) is 59.0 Å². The third-order valence-corrected chi connectivity index (χ3v) is 6.07. The van der Waals surface area contributed by atoms with Gasteiger partial charge in [-0.25, -0.2) is 0 Å². The van der Waals surface area contributed by atoms with Gasteiger partial charge in [0, 0.05) is 12.2 Å². The summed E-state index contributed by atoms with van der Waals surface area (Å²) in [7, 11) is 0. The van der Waals surface area contributed by atoms with Gasteiger partial charge in [0.05, 0.1) is 11.3 Å². The molecule has 0 radical (unpaired) electrons. The van der Waals surface area contributed by atoms with Gasteiger partial charge in [0.25, 0.3) is 11.8 Å². The number of ether oxygens (including phenoxy) is 1. The first-order valence-corrected chi connectivity index (χ1v) is 12.5. The average Bonchev–Trinajstić information content (AvgIpc) is 2.83. The minimum atomic E-state index is -0.322. The molecule has 3 aromatic carbocycles. The molecule has 3 aromatic rings. The highest BCUT2D eigenvalue weighted by molar-refractivity contribution is 6.11. The molecule has 5 heteroatoms. The Balaban J connectivity index is 1.77. The van der Waals surface area contributed by atoms with Crippen LogP contribution in [0.1, 0.15) is 70.0 Å². The predicted octanol–water partition coefficient (Wildman–Crippen LogP) is 6.97. The highest BCUT2D eigenvalue weighted by Gasteiger charge is 2.24. The van der Waals surface area contributed by atoms with Crippen LogP contribution in [-0.2, 0) is 15.6 Å². The number of hydrogen-bond acceptors (Lipinski definition) is 3. The molecule has 0 saturated heterocycles. The van der Waals surface area contributed by atoms with Crippen LogP contribution in [0.2, 0.25) is 0 Å². The lowest BCUT2D eigenvalue weighted by atomic mass is 9.80. The second-order valence-corrected chi connectivity index (χ2v) is 11.0. The van der Waals surface area contributed by atoms with Crippen molar-refractivity contribution in [2.75, 3.05) is 23.4 Å². The largest absolute Gasteiger partial charge is 0.483 e. The van der Waals surface area contributed by atoms with E-state index < -0.39 is 0 Å². The fourth-order valence-electron chi connectivity index (χ4n) is 4.01. The highest BCUT2D eigenvalue weighted by atomic mass is 16.5. The van der Waals surface area contributed by atoms with Gasteiger partial charge in [-0.3, -0.25) is 9.59 Å². The minimum absolute atomic E-state index is 0.0122. The summed E-state index contributed by atoms with van der Waals surface area (Å²) in [6.45, 7) is 15.2. The molecule has 36 heavy (non-hydrogen) atoms. The number of rotatable bonds is 7. The molecule has 0 spiro atoms. The maximum absolute atomic E-state index is 13.4. The van der Waals surface area contributed by atoms with Crippen LogP contribution >= 0.6 is 0 Å². The van der Waals surface area contributed by atoms with Crippen LogP contribution < -0.4 is 15.0 Å². The van der Waals surface area contributed by atoms with E-state index in [0.29, 0.717) is 23.5 Å². The quantitative estimate of drug-likeness (QED) is 0.392. The van der Waals surface area contributed by atoms with Gasteiger partial charge in [-0.05, 0) is 59.2 Å². The molecule has 0 fully saturated rings. The lowest BCUT2D eigenvalue weighted by Gasteiger charge is -2.27. The van der Waals surface area contributed by atoms with Gasteiger partial charge in [0.1, 0.15) is 5.75 Å². The molecule has 2 amide bonds. The van der Waals surface area contributed by atoms with Crippen molar-refractivity contribution < 1.29 is 14.3 Å². The normalized spacial score (nSPS) is 11.6. The average molecular weight is 487 g/mol. The zero-order valence-corrected chi connectivity index (χ0v) is 22.5. The van der Waals surface area contributed by atoms with Crippen molar-refractivity contribution >= 4 is 23.2 Å². The summed E-state index contributed by atoms with van der Waals surface area (Å²) < 4.78 is 6.00. The van der Waals surface area contributed by atoms with E-state index in [-0.39, 0.29) is 29.3 Å². The Hall–Kier alpha value is -3.60. The maximum atomic E-state index is 13.4. The summed E-state index contributed by atoms with van der Waals surface area (Å²) in [4.78, 5) is 28.0. The summed E-state index contributed by atoms with van der Waals surface area (Å²) in [5, 5.41) is 2.87. The number of nitrogens with one attached hydrogen (secondary N) is 1. The summed E-state index contributed by atoms with van der Waals surface area (Å²) in [6, 6.07) is 22.7. The van der Waals surface area contributed by atoms with Crippen molar-refractivity contribution in [3.8, 4) is 5.75 Å². The van der Waals surface area contributed by atoms with Crippen molar-refractivity contribution in [2.24, 2.45) is 0 Å². The topological polar surface area (TPSA) is 58.6 Å². The smallest absolute Gasteiger partial charge is 0.262 e. The molecule has 0 aliphatic rings. The zero-order chi connectivity index (χ0) is 26.5. The molecule has 0 atom stereocenters. The summed E-state index contributed by atoms with van der Waals surface area (Å²) >= 11 is 0. The Morgan fingerprint density at radius 1 is 0.833 bits per heavy atom. The van der Waals surface area contributed by atoms with E-state index in [9.17, 15) is 9.59 Å². The first-order valence-electron chi connectivity index (χ1n) is 12.5. The van der Waals surface area contributed by atoms with Crippen molar-refractivity contribution in [3.63, 3.8) is 0 Å². The second kappa shape index (κ2) is 11.0. The molecule has 0 heterocycles. The van der Waals surface area contributed by atoms with Crippen molar-refractivity contribution in [3.05, 3.63) is 89.5 Å². The zero-order valence-electron chi connectivity index (χ0n) is 22.5. The van der Waals surface area contributed by atoms with Crippen LogP contribution in [0.25, 0.3) is 0 Å². The third kappa shape index (κ3) is 6.54. The molecule has 0 unspecified atom stereocenters. The highest BCUT2D eigenvalue weighted by Crippen LogP contribution is 2.35. The summed E-state index contributed by atoms with van der Waals surface area (Å²) in [5.41, 5.74) is 3.84. The molecule has 0 saturated carbocycles. The van der Waals surface area contributed by atoms with E-state index in [1.54, 1.807) is 29.2 Å². The predicted molar refractivity (Wildman–Crippen MR) is 148 cm³/mol. The standard InChI is InChI=1S/C31H38N2O3/c1-8-33(23-14-10-9-11-15-23)29(35)24-16-12-13-17-26(24)32-28(34)21-36-27-19-18-22(30(2,3)4)20-25(27)31(5,6)7/h9-20H,8,21H2,1-7H3,(H,32,34). The molecular formula is C31H38N2O3. The Morgan fingerprint density at radius 2 is 1.47 bits per heavy atom. The lowest BCUT2D eigenvalue weighted by molar-refractivity contribution is -0.118. The fraction of sp³-hybridized carbons (Fsp3) is 0.355. The van der Waals surface area contributed by atoms with Gasteiger partial charge in [-0.2, -0.15) is 0 Å². The number of carbonyl (C=O) groups excluding carboxylic acids is 2. The van der Waals surface area contributed by atoms with Gasteiger partial charge in [0.2, 0.25) is 0 Å². The van der Waals surface area contributed by atoms with Crippen LogP contribution in [0.3, 0.4) is 0 Å². The van der Waals surface area contributed by atoms with E-state index in [1.807, 2.05) is 43.3 Å². The van der Waals surface area contributed by atoms with Gasteiger partial charge in [-0.15, -0.1) is 0 Å². The number of carbonyl (C=O) groups is 2. The Kier molecular flexibility index (Phi) is 8.24. The number of anilines is 2. The van der Waals surface area contributed by atoms with Gasteiger partial charge in [-0.1, -0.05) is 84.0 Å².